The van der Waals surface area contributed by atoms with Crippen molar-refractivity contribution in [3.05, 3.63) is 82.8 Å². The van der Waals surface area contributed by atoms with Crippen molar-refractivity contribution < 1.29 is 14.0 Å². The number of halogens is 1. The van der Waals surface area contributed by atoms with Gasteiger partial charge in [0.1, 0.15) is 5.82 Å². The van der Waals surface area contributed by atoms with Gasteiger partial charge in [-0.1, -0.05) is 42.5 Å². The number of benzene rings is 2. The van der Waals surface area contributed by atoms with E-state index < -0.39 is 6.04 Å². The van der Waals surface area contributed by atoms with E-state index in [1.54, 1.807) is 17.0 Å². The third-order valence-corrected chi connectivity index (χ3v) is 4.44. The maximum absolute atomic E-state index is 13.1. The highest BCUT2D eigenvalue weighted by molar-refractivity contribution is 6.01. The fourth-order valence-corrected chi connectivity index (χ4v) is 3.26. The number of hydrogen-bond acceptors (Lipinski definition) is 2. The lowest BCUT2D eigenvalue weighted by molar-refractivity contribution is -0.126. The predicted molar refractivity (Wildman–Crippen MR) is 89.7 cm³/mol. The van der Waals surface area contributed by atoms with Crippen LogP contribution in [0.1, 0.15) is 17.2 Å². The van der Waals surface area contributed by atoms with Crippen LogP contribution in [-0.2, 0) is 11.3 Å². The largest absolute Gasteiger partial charge is 0.329 e. The lowest BCUT2D eigenvalue weighted by Crippen LogP contribution is -2.44. The van der Waals surface area contributed by atoms with Crippen LogP contribution in [-0.4, -0.2) is 23.4 Å². The number of rotatable bonds is 3. The number of amides is 3. The number of urea groups is 1. The molecule has 25 heavy (non-hydrogen) atoms. The first-order valence-corrected chi connectivity index (χ1v) is 8.01. The Morgan fingerprint density at radius 1 is 1.04 bits per heavy atom. The smallest absolute Gasteiger partial charge is 0.319 e. The molecule has 0 aromatic heterocycles. The van der Waals surface area contributed by atoms with Gasteiger partial charge in [-0.2, -0.15) is 0 Å². The minimum atomic E-state index is -0.462. The van der Waals surface area contributed by atoms with Gasteiger partial charge in [0.25, 0.3) is 5.91 Å². The van der Waals surface area contributed by atoms with E-state index in [1.807, 2.05) is 30.3 Å². The standard InChI is InChI=1S/C19H16FN3O2/c20-14-8-6-12(7-9-14)10-23-11-15-16(18(23)24)17(22-19(25)21-15)13-4-2-1-3-5-13/h1-9,17H,10-11H2,(H2,21,22,25). The van der Waals surface area contributed by atoms with Gasteiger partial charge >= 0.3 is 6.03 Å². The fraction of sp³-hybridized carbons (Fsp3) is 0.158. The second-order valence-corrected chi connectivity index (χ2v) is 6.12. The van der Waals surface area contributed by atoms with Crippen LogP contribution in [0.4, 0.5) is 9.18 Å². The van der Waals surface area contributed by atoms with E-state index in [1.165, 1.54) is 12.1 Å². The minimum Gasteiger partial charge on any atom is -0.329 e. The molecule has 126 valence electrons. The zero-order valence-electron chi connectivity index (χ0n) is 13.3. The molecule has 2 aromatic rings. The average molecular weight is 337 g/mol. The first kappa shape index (κ1) is 15.4. The highest BCUT2D eigenvalue weighted by Gasteiger charge is 2.40. The van der Waals surface area contributed by atoms with Gasteiger partial charge in [0, 0.05) is 6.54 Å². The molecule has 0 saturated heterocycles. The van der Waals surface area contributed by atoms with E-state index in [2.05, 4.69) is 10.6 Å². The quantitative estimate of drug-likeness (QED) is 0.904. The third kappa shape index (κ3) is 2.87. The van der Waals surface area contributed by atoms with Gasteiger partial charge in [-0.25, -0.2) is 9.18 Å². The van der Waals surface area contributed by atoms with Crippen molar-refractivity contribution in [1.82, 2.24) is 15.5 Å². The topological polar surface area (TPSA) is 61.4 Å². The number of hydrogen-bond donors (Lipinski definition) is 2. The molecule has 5 nitrogen and oxygen atoms in total. The first-order valence-electron chi connectivity index (χ1n) is 8.01. The Morgan fingerprint density at radius 3 is 2.48 bits per heavy atom. The zero-order chi connectivity index (χ0) is 17.4. The highest BCUT2D eigenvalue weighted by Crippen LogP contribution is 2.32. The molecular weight excluding hydrogens is 321 g/mol. The molecular formula is C19H16FN3O2. The average Bonchev–Trinajstić information content (AvgIpc) is 2.92. The third-order valence-electron chi connectivity index (χ3n) is 4.44. The monoisotopic (exact) mass is 337 g/mol. The van der Waals surface area contributed by atoms with Crippen molar-refractivity contribution in [2.45, 2.75) is 12.6 Å². The van der Waals surface area contributed by atoms with Crippen LogP contribution in [0.2, 0.25) is 0 Å². The molecule has 0 bridgehead atoms. The zero-order valence-corrected chi connectivity index (χ0v) is 13.3. The van der Waals surface area contributed by atoms with Crippen LogP contribution >= 0.6 is 0 Å². The molecule has 4 rings (SSSR count). The Hall–Kier alpha value is -3.15. The Balaban J connectivity index is 1.61. The Morgan fingerprint density at radius 2 is 1.76 bits per heavy atom. The van der Waals surface area contributed by atoms with E-state index in [0.717, 1.165) is 11.1 Å². The molecule has 0 fully saturated rings. The summed E-state index contributed by atoms with van der Waals surface area (Å²) in [5, 5.41) is 5.56. The summed E-state index contributed by atoms with van der Waals surface area (Å²) in [6, 6.07) is 14.7. The second-order valence-electron chi connectivity index (χ2n) is 6.12. The van der Waals surface area contributed by atoms with Crippen molar-refractivity contribution in [2.75, 3.05) is 6.54 Å². The van der Waals surface area contributed by atoms with Crippen molar-refractivity contribution in [3.63, 3.8) is 0 Å². The van der Waals surface area contributed by atoms with Crippen molar-refractivity contribution in [1.29, 1.82) is 0 Å². The summed E-state index contributed by atoms with van der Waals surface area (Å²) in [4.78, 5) is 26.5. The van der Waals surface area contributed by atoms with Gasteiger partial charge in [0.05, 0.1) is 23.9 Å². The molecule has 0 radical (unpaired) electrons. The summed E-state index contributed by atoms with van der Waals surface area (Å²) >= 11 is 0. The van der Waals surface area contributed by atoms with Gasteiger partial charge in [-0.3, -0.25) is 4.79 Å². The molecule has 0 spiro atoms. The molecule has 6 heteroatoms. The lowest BCUT2D eigenvalue weighted by atomic mass is 9.96. The van der Waals surface area contributed by atoms with Crippen LogP contribution in [0.15, 0.2) is 65.9 Å². The minimum absolute atomic E-state index is 0.124. The van der Waals surface area contributed by atoms with Crippen molar-refractivity contribution in [3.8, 4) is 0 Å². The van der Waals surface area contributed by atoms with E-state index in [-0.39, 0.29) is 17.8 Å². The Kier molecular flexibility index (Phi) is 3.72. The van der Waals surface area contributed by atoms with Crippen LogP contribution in [0.25, 0.3) is 0 Å². The molecule has 2 heterocycles. The molecule has 0 saturated carbocycles. The molecule has 2 aliphatic rings. The Labute approximate surface area is 144 Å². The van der Waals surface area contributed by atoms with Crippen LogP contribution < -0.4 is 10.6 Å². The number of carbonyl (C=O) groups is 2. The lowest BCUT2D eigenvalue weighted by Gasteiger charge is -2.25. The maximum Gasteiger partial charge on any atom is 0.319 e. The number of carbonyl (C=O) groups excluding carboxylic acids is 2. The molecule has 0 aliphatic carbocycles. The number of nitrogens with zero attached hydrogens (tertiary/aromatic N) is 1. The summed E-state index contributed by atoms with van der Waals surface area (Å²) in [5.41, 5.74) is 2.89. The van der Waals surface area contributed by atoms with Crippen LogP contribution in [0.3, 0.4) is 0 Å². The van der Waals surface area contributed by atoms with Gasteiger partial charge < -0.3 is 15.5 Å². The summed E-state index contributed by atoms with van der Waals surface area (Å²) in [7, 11) is 0. The summed E-state index contributed by atoms with van der Waals surface area (Å²) in [5.74, 6) is -0.435. The summed E-state index contributed by atoms with van der Waals surface area (Å²) < 4.78 is 13.1. The Bertz CT molecular complexity index is 862. The molecule has 2 aliphatic heterocycles. The van der Waals surface area contributed by atoms with Gasteiger partial charge in [0.15, 0.2) is 0 Å². The van der Waals surface area contributed by atoms with E-state index in [9.17, 15) is 14.0 Å². The van der Waals surface area contributed by atoms with Gasteiger partial charge in [-0.05, 0) is 23.3 Å². The number of nitrogens with one attached hydrogen (secondary N) is 2. The molecule has 3 amide bonds. The van der Waals surface area contributed by atoms with Gasteiger partial charge in [0.2, 0.25) is 0 Å². The molecule has 1 unspecified atom stereocenters. The summed E-state index contributed by atoms with van der Waals surface area (Å²) in [6.07, 6.45) is 0. The maximum atomic E-state index is 13.1. The van der Waals surface area contributed by atoms with E-state index in [4.69, 9.17) is 0 Å². The van der Waals surface area contributed by atoms with Crippen molar-refractivity contribution >= 4 is 11.9 Å². The van der Waals surface area contributed by atoms with Crippen molar-refractivity contribution in [2.24, 2.45) is 0 Å². The summed E-state index contributed by atoms with van der Waals surface area (Å²) in [6.45, 7) is 0.700. The van der Waals surface area contributed by atoms with Crippen LogP contribution in [0, 0.1) is 5.82 Å². The first-order chi connectivity index (χ1) is 12.1. The molecule has 1 atom stereocenters. The van der Waals surface area contributed by atoms with E-state index >= 15 is 0 Å². The normalized spacial score (nSPS) is 19.6. The molecule has 2 aromatic carbocycles. The highest BCUT2D eigenvalue weighted by atomic mass is 19.1. The second kappa shape index (κ2) is 6.05. The molecule has 2 N–H and O–H groups in total. The SMILES string of the molecule is O=C1NC2=C(C(=O)N(Cc3ccc(F)cc3)C2)C(c2ccccc2)N1. The van der Waals surface area contributed by atoms with Gasteiger partial charge in [-0.15, -0.1) is 0 Å². The van der Waals surface area contributed by atoms with Crippen LogP contribution in [0.5, 0.6) is 0 Å². The van der Waals surface area contributed by atoms with E-state index in [0.29, 0.717) is 24.4 Å². The fourth-order valence-electron chi connectivity index (χ4n) is 3.26. The predicted octanol–water partition coefficient (Wildman–Crippen LogP) is 2.48.